The van der Waals surface area contributed by atoms with Gasteiger partial charge in [0.25, 0.3) is 5.91 Å². The SMILES string of the molecule is COc1ccc([C@@H]2[C@@H](C(=O)NC3(C)CCC3)OCC(=O)N2C2CC2)cc1. The van der Waals surface area contributed by atoms with Gasteiger partial charge in [-0.25, -0.2) is 0 Å². The van der Waals surface area contributed by atoms with Crippen molar-refractivity contribution in [2.75, 3.05) is 13.7 Å². The maximum absolute atomic E-state index is 13.0. The molecule has 0 spiro atoms. The molecule has 6 nitrogen and oxygen atoms in total. The van der Waals surface area contributed by atoms with Crippen molar-refractivity contribution >= 4 is 11.8 Å². The monoisotopic (exact) mass is 358 g/mol. The first-order valence-electron chi connectivity index (χ1n) is 9.39. The maximum Gasteiger partial charge on any atom is 0.252 e. The first kappa shape index (κ1) is 17.3. The lowest BCUT2D eigenvalue weighted by molar-refractivity contribution is -0.166. The zero-order valence-electron chi connectivity index (χ0n) is 15.4. The van der Waals surface area contributed by atoms with Gasteiger partial charge in [-0.1, -0.05) is 12.1 Å². The third-order valence-corrected chi connectivity index (χ3v) is 5.80. The molecule has 6 heteroatoms. The Morgan fingerprint density at radius 3 is 2.50 bits per heavy atom. The van der Waals surface area contributed by atoms with E-state index in [1.807, 2.05) is 29.2 Å². The first-order chi connectivity index (χ1) is 12.5. The number of rotatable bonds is 5. The predicted octanol–water partition coefficient (Wildman–Crippen LogP) is 2.18. The number of amides is 2. The van der Waals surface area contributed by atoms with Crippen LogP contribution in [0.1, 0.15) is 50.6 Å². The molecule has 1 heterocycles. The molecular weight excluding hydrogens is 332 g/mol. The van der Waals surface area contributed by atoms with Crippen LogP contribution >= 0.6 is 0 Å². The second-order valence-electron chi connectivity index (χ2n) is 7.89. The van der Waals surface area contributed by atoms with Crippen molar-refractivity contribution in [3.05, 3.63) is 29.8 Å². The third-order valence-electron chi connectivity index (χ3n) is 5.80. The highest BCUT2D eigenvalue weighted by Crippen LogP contribution is 2.40. The number of benzene rings is 1. The molecule has 1 N–H and O–H groups in total. The van der Waals surface area contributed by atoms with Gasteiger partial charge in [0.15, 0.2) is 6.10 Å². The van der Waals surface area contributed by atoms with Gasteiger partial charge >= 0.3 is 0 Å². The topological polar surface area (TPSA) is 67.9 Å². The summed E-state index contributed by atoms with van der Waals surface area (Å²) in [6, 6.07) is 7.40. The van der Waals surface area contributed by atoms with E-state index in [0.29, 0.717) is 0 Å². The highest BCUT2D eigenvalue weighted by Gasteiger charge is 2.48. The fourth-order valence-corrected chi connectivity index (χ4v) is 3.97. The summed E-state index contributed by atoms with van der Waals surface area (Å²) in [7, 11) is 1.62. The van der Waals surface area contributed by atoms with E-state index < -0.39 is 12.1 Å². The van der Waals surface area contributed by atoms with E-state index in [9.17, 15) is 9.59 Å². The van der Waals surface area contributed by atoms with Gasteiger partial charge in [-0.3, -0.25) is 9.59 Å². The summed E-state index contributed by atoms with van der Waals surface area (Å²) in [6.07, 6.45) is 4.42. The van der Waals surface area contributed by atoms with E-state index in [-0.39, 0.29) is 30.0 Å². The number of methoxy groups -OCH3 is 1. The standard InChI is InChI=1S/C20H26N2O4/c1-20(10-3-11-20)21-19(24)18-17(13-4-8-15(25-2)9-5-13)22(14-6-7-14)16(23)12-26-18/h4-5,8-9,14,17-18H,3,6-7,10-12H2,1-2H3,(H,21,24)/t17-,18+/m1/s1. The lowest BCUT2D eigenvalue weighted by Crippen LogP contribution is -2.59. The van der Waals surface area contributed by atoms with Gasteiger partial charge < -0.3 is 19.7 Å². The highest BCUT2D eigenvalue weighted by atomic mass is 16.5. The quantitative estimate of drug-likeness (QED) is 0.876. The Kier molecular flexibility index (Phi) is 4.39. The Labute approximate surface area is 153 Å². The van der Waals surface area contributed by atoms with Gasteiger partial charge in [0.05, 0.1) is 13.2 Å². The van der Waals surface area contributed by atoms with Gasteiger partial charge in [-0.15, -0.1) is 0 Å². The molecule has 26 heavy (non-hydrogen) atoms. The third kappa shape index (κ3) is 3.18. The summed E-state index contributed by atoms with van der Waals surface area (Å²) >= 11 is 0. The van der Waals surface area contributed by atoms with Crippen molar-refractivity contribution in [1.82, 2.24) is 10.2 Å². The van der Waals surface area contributed by atoms with E-state index in [4.69, 9.17) is 9.47 Å². The van der Waals surface area contributed by atoms with Crippen molar-refractivity contribution in [3.8, 4) is 5.75 Å². The van der Waals surface area contributed by atoms with E-state index in [2.05, 4.69) is 12.2 Å². The second kappa shape index (κ2) is 6.58. The van der Waals surface area contributed by atoms with Crippen molar-refractivity contribution in [2.24, 2.45) is 0 Å². The molecule has 4 rings (SSSR count). The molecule has 0 radical (unpaired) electrons. The van der Waals surface area contributed by atoms with Crippen LogP contribution in [0.4, 0.5) is 0 Å². The molecule has 2 atom stereocenters. The van der Waals surface area contributed by atoms with Crippen LogP contribution in [0.2, 0.25) is 0 Å². The molecule has 0 unspecified atom stereocenters. The van der Waals surface area contributed by atoms with Crippen molar-refractivity contribution in [2.45, 2.75) is 62.8 Å². The molecule has 140 valence electrons. The lowest BCUT2D eigenvalue weighted by atomic mass is 9.78. The smallest absolute Gasteiger partial charge is 0.252 e. The van der Waals surface area contributed by atoms with E-state index in [1.165, 1.54) is 0 Å². The normalized spacial score (nSPS) is 27.6. The molecule has 3 fully saturated rings. The molecule has 2 amide bonds. The lowest BCUT2D eigenvalue weighted by Gasteiger charge is -2.44. The Balaban J connectivity index is 1.63. The maximum atomic E-state index is 13.0. The van der Waals surface area contributed by atoms with Crippen LogP contribution < -0.4 is 10.1 Å². The molecule has 1 aromatic carbocycles. The van der Waals surface area contributed by atoms with Gasteiger partial charge in [0.1, 0.15) is 12.4 Å². The average Bonchev–Trinajstić information content (AvgIpc) is 3.45. The molecule has 2 aliphatic carbocycles. The number of carbonyl (C=O) groups excluding carboxylic acids is 2. The molecule has 1 aliphatic heterocycles. The molecule has 0 bridgehead atoms. The summed E-state index contributed by atoms with van der Waals surface area (Å²) in [6.45, 7) is 2.04. The number of hydrogen-bond acceptors (Lipinski definition) is 4. The summed E-state index contributed by atoms with van der Waals surface area (Å²) in [5.74, 6) is 0.594. The molecule has 3 aliphatic rings. The van der Waals surface area contributed by atoms with Crippen molar-refractivity contribution in [3.63, 3.8) is 0 Å². The second-order valence-corrected chi connectivity index (χ2v) is 7.89. The van der Waals surface area contributed by atoms with Crippen LogP contribution in [0.3, 0.4) is 0 Å². The van der Waals surface area contributed by atoms with Crippen LogP contribution in [0.25, 0.3) is 0 Å². The molecule has 1 aromatic rings. The number of morpholine rings is 1. The number of carbonyl (C=O) groups is 2. The number of nitrogens with zero attached hydrogens (tertiary/aromatic N) is 1. The summed E-state index contributed by atoms with van der Waals surface area (Å²) < 4.78 is 11.0. The Bertz CT molecular complexity index is 694. The molecule has 2 saturated carbocycles. The van der Waals surface area contributed by atoms with Crippen molar-refractivity contribution in [1.29, 1.82) is 0 Å². The summed E-state index contributed by atoms with van der Waals surface area (Å²) in [5, 5.41) is 3.15. The van der Waals surface area contributed by atoms with Gasteiger partial charge in [0, 0.05) is 11.6 Å². The Morgan fingerprint density at radius 2 is 1.96 bits per heavy atom. The summed E-state index contributed by atoms with van der Waals surface area (Å²) in [5.41, 5.74) is 0.765. The number of hydrogen-bond donors (Lipinski definition) is 1. The number of ether oxygens (including phenoxy) is 2. The molecule has 1 saturated heterocycles. The summed E-state index contributed by atoms with van der Waals surface area (Å²) in [4.78, 5) is 27.4. The number of nitrogens with one attached hydrogen (secondary N) is 1. The van der Waals surface area contributed by atoms with E-state index in [1.54, 1.807) is 7.11 Å². The van der Waals surface area contributed by atoms with Crippen LogP contribution in [-0.4, -0.2) is 48.1 Å². The zero-order chi connectivity index (χ0) is 18.3. The van der Waals surface area contributed by atoms with Crippen LogP contribution in [0, 0.1) is 0 Å². The fraction of sp³-hybridized carbons (Fsp3) is 0.600. The van der Waals surface area contributed by atoms with E-state index >= 15 is 0 Å². The minimum atomic E-state index is -0.681. The van der Waals surface area contributed by atoms with E-state index in [0.717, 1.165) is 43.4 Å². The molecule has 0 aromatic heterocycles. The van der Waals surface area contributed by atoms with Crippen LogP contribution in [0.15, 0.2) is 24.3 Å². The first-order valence-corrected chi connectivity index (χ1v) is 9.39. The zero-order valence-corrected chi connectivity index (χ0v) is 15.4. The average molecular weight is 358 g/mol. The minimum absolute atomic E-state index is 0.0298. The highest BCUT2D eigenvalue weighted by molar-refractivity contribution is 5.87. The van der Waals surface area contributed by atoms with Gasteiger partial charge in [-0.2, -0.15) is 0 Å². The van der Waals surface area contributed by atoms with Gasteiger partial charge in [0.2, 0.25) is 5.91 Å². The van der Waals surface area contributed by atoms with Crippen molar-refractivity contribution < 1.29 is 19.1 Å². The van der Waals surface area contributed by atoms with Crippen LogP contribution in [0.5, 0.6) is 5.75 Å². The predicted molar refractivity (Wildman–Crippen MR) is 95.7 cm³/mol. The Morgan fingerprint density at radius 1 is 1.27 bits per heavy atom. The minimum Gasteiger partial charge on any atom is -0.497 e. The largest absolute Gasteiger partial charge is 0.497 e. The fourth-order valence-electron chi connectivity index (χ4n) is 3.97. The van der Waals surface area contributed by atoms with Gasteiger partial charge in [-0.05, 0) is 56.7 Å². The Hall–Kier alpha value is -2.08. The van der Waals surface area contributed by atoms with Crippen LogP contribution in [-0.2, 0) is 14.3 Å². The molecular formula is C20H26N2O4.